The molecule has 1 N–H and O–H groups in total. The second kappa shape index (κ2) is 7.19. The lowest BCUT2D eigenvalue weighted by molar-refractivity contribution is 0.204. The summed E-state index contributed by atoms with van der Waals surface area (Å²) in [5, 5.41) is 2.95. The molecule has 0 aromatic rings. The fraction of sp³-hybridized carbons (Fsp3) is 0.643. The van der Waals surface area contributed by atoms with Crippen LogP contribution in [0.2, 0.25) is 0 Å². The Morgan fingerprint density at radius 3 is 2.78 bits per heavy atom. The van der Waals surface area contributed by atoms with E-state index in [0.29, 0.717) is 12.3 Å². The number of halogens is 1. The summed E-state index contributed by atoms with van der Waals surface area (Å²) in [4.78, 5) is 6.01. The van der Waals surface area contributed by atoms with Gasteiger partial charge in [0.15, 0.2) is 0 Å². The van der Waals surface area contributed by atoms with Crippen molar-refractivity contribution in [3.63, 3.8) is 0 Å². The van der Waals surface area contributed by atoms with Gasteiger partial charge in [-0.15, -0.1) is 0 Å². The molecule has 0 aliphatic heterocycles. The van der Waals surface area contributed by atoms with Crippen molar-refractivity contribution < 1.29 is 4.39 Å². The highest BCUT2D eigenvalue weighted by atomic mass is 19.1. The first-order valence-corrected chi connectivity index (χ1v) is 6.53. The van der Waals surface area contributed by atoms with Crippen molar-refractivity contribution in [2.75, 3.05) is 14.1 Å². The molecule has 3 atom stereocenters. The number of hydrogen-bond donors (Lipinski definition) is 1. The van der Waals surface area contributed by atoms with Crippen molar-refractivity contribution in [1.29, 1.82) is 0 Å². The van der Waals surface area contributed by atoms with E-state index in [9.17, 15) is 4.39 Å². The maximum absolute atomic E-state index is 13.9. The van der Waals surface area contributed by atoms with Gasteiger partial charge in [0.2, 0.25) is 0 Å². The largest absolute Gasteiger partial charge is 0.374 e. The zero-order valence-corrected chi connectivity index (χ0v) is 11.6. The van der Waals surface area contributed by atoms with Crippen LogP contribution >= 0.6 is 0 Å². The minimum atomic E-state index is -0.723. The lowest BCUT2D eigenvalue weighted by Crippen LogP contribution is -2.32. The van der Waals surface area contributed by atoms with Crippen LogP contribution in [0.4, 0.5) is 4.39 Å². The van der Waals surface area contributed by atoms with E-state index in [-0.39, 0.29) is 6.04 Å². The summed E-state index contributed by atoms with van der Waals surface area (Å²) in [6, 6.07) is -0.00645. The van der Waals surface area contributed by atoms with Crippen LogP contribution < -0.4 is 5.32 Å². The van der Waals surface area contributed by atoms with Crippen LogP contribution in [0.25, 0.3) is 0 Å². The standard InChI is InChI=1S/C14H24FN3/c1-5-11-9-12(15)13(10-11)18(4)8-7-14(16-3)17-6-2/h6-8,11-13H,2,5,9-10H2,1,3-4H3,(H,16,17)/b8-7-/t11-,12+,13-/m1/s1. The molecule has 0 aromatic carbocycles. The molecule has 1 fully saturated rings. The fourth-order valence-corrected chi connectivity index (χ4v) is 2.40. The summed E-state index contributed by atoms with van der Waals surface area (Å²) >= 11 is 0. The summed E-state index contributed by atoms with van der Waals surface area (Å²) < 4.78 is 13.9. The number of nitrogens with one attached hydrogen (secondary N) is 1. The summed E-state index contributed by atoms with van der Waals surface area (Å²) in [5.41, 5.74) is 0. The Kier molecular flexibility index (Phi) is 5.89. The van der Waals surface area contributed by atoms with Gasteiger partial charge in [0, 0.05) is 26.5 Å². The minimum Gasteiger partial charge on any atom is -0.374 e. The average Bonchev–Trinajstić information content (AvgIpc) is 2.75. The number of alkyl halides is 1. The zero-order valence-electron chi connectivity index (χ0n) is 11.6. The van der Waals surface area contributed by atoms with E-state index in [1.165, 1.54) is 6.20 Å². The zero-order chi connectivity index (χ0) is 13.5. The van der Waals surface area contributed by atoms with Crippen LogP contribution in [-0.2, 0) is 0 Å². The maximum Gasteiger partial charge on any atom is 0.127 e. The molecule has 1 saturated carbocycles. The number of aliphatic imine (C=N–C) groups is 1. The molecule has 1 aliphatic rings. The summed E-state index contributed by atoms with van der Waals surface area (Å²) in [7, 11) is 3.72. The van der Waals surface area contributed by atoms with Gasteiger partial charge in [0.25, 0.3) is 0 Å². The predicted octanol–water partition coefficient (Wildman–Crippen LogP) is 2.72. The molecule has 0 amide bonds. The van der Waals surface area contributed by atoms with Gasteiger partial charge in [-0.1, -0.05) is 19.9 Å². The van der Waals surface area contributed by atoms with Crippen LogP contribution in [0.15, 0.2) is 30.0 Å². The van der Waals surface area contributed by atoms with Crippen molar-refractivity contribution >= 4 is 5.84 Å². The molecule has 0 bridgehead atoms. The molecule has 1 aliphatic carbocycles. The lowest BCUT2D eigenvalue weighted by Gasteiger charge is -2.24. The van der Waals surface area contributed by atoms with Gasteiger partial charge >= 0.3 is 0 Å². The van der Waals surface area contributed by atoms with Crippen LogP contribution in [0.3, 0.4) is 0 Å². The number of hydrogen-bond acceptors (Lipinski definition) is 2. The number of likely N-dealkylation sites (N-methyl/N-ethyl adjacent to an activating group) is 1. The first kappa shape index (κ1) is 14.7. The molecule has 1 rings (SSSR count). The first-order chi connectivity index (χ1) is 8.62. The van der Waals surface area contributed by atoms with E-state index < -0.39 is 6.17 Å². The third kappa shape index (κ3) is 3.86. The minimum absolute atomic E-state index is 0.00645. The van der Waals surface area contributed by atoms with E-state index in [1.54, 1.807) is 7.05 Å². The smallest absolute Gasteiger partial charge is 0.127 e. The normalized spacial score (nSPS) is 28.7. The van der Waals surface area contributed by atoms with Crippen molar-refractivity contribution in [1.82, 2.24) is 10.2 Å². The molecule has 0 radical (unpaired) electrons. The van der Waals surface area contributed by atoms with Gasteiger partial charge in [-0.2, -0.15) is 0 Å². The van der Waals surface area contributed by atoms with E-state index in [2.05, 4.69) is 23.8 Å². The van der Waals surface area contributed by atoms with Gasteiger partial charge in [-0.3, -0.25) is 0 Å². The van der Waals surface area contributed by atoms with Crippen LogP contribution in [0.5, 0.6) is 0 Å². The second-order valence-corrected chi connectivity index (χ2v) is 4.76. The monoisotopic (exact) mass is 253 g/mol. The number of amidine groups is 1. The average molecular weight is 253 g/mol. The molecule has 18 heavy (non-hydrogen) atoms. The van der Waals surface area contributed by atoms with E-state index >= 15 is 0 Å². The Hall–Kier alpha value is -1.32. The van der Waals surface area contributed by atoms with Gasteiger partial charge in [0.05, 0.1) is 6.04 Å². The van der Waals surface area contributed by atoms with Crippen LogP contribution in [0, 0.1) is 5.92 Å². The molecule has 0 unspecified atom stereocenters. The van der Waals surface area contributed by atoms with Gasteiger partial charge < -0.3 is 10.2 Å². The fourth-order valence-electron chi connectivity index (χ4n) is 2.40. The Bertz CT molecular complexity index is 325. The molecular weight excluding hydrogens is 229 g/mol. The SMILES string of the molecule is C=C/N=C(\C=C/N(C)[C@@H]1C[C@H](CC)C[C@@H]1F)NC. The van der Waals surface area contributed by atoms with Gasteiger partial charge in [0.1, 0.15) is 12.0 Å². The van der Waals surface area contributed by atoms with Crippen molar-refractivity contribution in [2.45, 2.75) is 38.4 Å². The highest BCUT2D eigenvalue weighted by molar-refractivity contribution is 5.92. The Morgan fingerprint density at radius 1 is 1.56 bits per heavy atom. The summed E-state index contributed by atoms with van der Waals surface area (Å²) in [5.74, 6) is 1.24. The highest BCUT2D eigenvalue weighted by Gasteiger charge is 2.34. The third-order valence-corrected chi connectivity index (χ3v) is 3.61. The molecule has 4 heteroatoms. The highest BCUT2D eigenvalue weighted by Crippen LogP contribution is 2.33. The third-order valence-electron chi connectivity index (χ3n) is 3.61. The predicted molar refractivity (Wildman–Crippen MR) is 75.3 cm³/mol. The van der Waals surface area contributed by atoms with E-state index in [4.69, 9.17) is 0 Å². The number of rotatable bonds is 5. The molecular formula is C14H24FN3. The number of nitrogens with zero attached hydrogens (tertiary/aromatic N) is 2. The van der Waals surface area contributed by atoms with Gasteiger partial charge in [-0.05, 0) is 24.8 Å². The molecule has 0 heterocycles. The Labute approximate surface area is 109 Å². The first-order valence-electron chi connectivity index (χ1n) is 6.53. The van der Waals surface area contributed by atoms with E-state index in [0.717, 1.165) is 18.7 Å². The molecule has 102 valence electrons. The molecule has 0 aromatic heterocycles. The van der Waals surface area contributed by atoms with Crippen molar-refractivity contribution in [2.24, 2.45) is 10.9 Å². The summed E-state index contributed by atoms with van der Waals surface area (Å²) in [6.07, 6.45) is 7.18. The molecule has 0 spiro atoms. The van der Waals surface area contributed by atoms with Gasteiger partial charge in [-0.25, -0.2) is 9.38 Å². The Morgan fingerprint density at radius 2 is 2.28 bits per heavy atom. The quantitative estimate of drug-likeness (QED) is 0.602. The topological polar surface area (TPSA) is 27.6 Å². The summed E-state index contributed by atoms with van der Waals surface area (Å²) in [6.45, 7) is 5.68. The molecule has 3 nitrogen and oxygen atoms in total. The lowest BCUT2D eigenvalue weighted by atomic mass is 10.1. The van der Waals surface area contributed by atoms with Crippen LogP contribution in [0.1, 0.15) is 26.2 Å². The van der Waals surface area contributed by atoms with Crippen molar-refractivity contribution in [3.8, 4) is 0 Å². The van der Waals surface area contributed by atoms with E-state index in [1.807, 2.05) is 24.2 Å². The molecule has 0 saturated heterocycles. The maximum atomic E-state index is 13.9. The second-order valence-electron chi connectivity index (χ2n) is 4.76. The Balaban J connectivity index is 2.59. The van der Waals surface area contributed by atoms with Crippen molar-refractivity contribution in [3.05, 3.63) is 25.1 Å². The van der Waals surface area contributed by atoms with Crippen LogP contribution in [-0.4, -0.2) is 37.0 Å².